The predicted octanol–water partition coefficient (Wildman–Crippen LogP) is 5.98. The number of carbonyl (C=O) groups is 2. The summed E-state index contributed by atoms with van der Waals surface area (Å²) in [5.74, 6) is 0.439. The zero-order valence-corrected chi connectivity index (χ0v) is 21.4. The molecule has 4 aromatic rings. The Morgan fingerprint density at radius 1 is 0.658 bits per heavy atom. The van der Waals surface area contributed by atoms with E-state index in [1.54, 1.807) is 0 Å². The van der Waals surface area contributed by atoms with Gasteiger partial charge in [-0.1, -0.05) is 103 Å². The molecular weight excluding hydrogens is 476 g/mol. The molecule has 6 heteroatoms. The number of carbonyl (C=O) groups excluding carboxylic acids is 2. The largest absolute Gasteiger partial charge is 0.489 e. The molecule has 38 heavy (non-hydrogen) atoms. The summed E-state index contributed by atoms with van der Waals surface area (Å²) in [6, 6.07) is 35.5. The van der Waals surface area contributed by atoms with Crippen LogP contribution >= 0.6 is 0 Å². The molecule has 0 spiro atoms. The Hall–Kier alpha value is -4.58. The van der Waals surface area contributed by atoms with Gasteiger partial charge in [-0.25, -0.2) is 4.79 Å². The van der Waals surface area contributed by atoms with E-state index in [1.807, 2.05) is 122 Å². The van der Waals surface area contributed by atoms with Gasteiger partial charge in [0.25, 0.3) is 0 Å². The van der Waals surface area contributed by atoms with Crippen LogP contribution < -0.4 is 15.4 Å². The van der Waals surface area contributed by atoms with E-state index in [2.05, 4.69) is 10.6 Å². The smallest absolute Gasteiger partial charge is 0.408 e. The van der Waals surface area contributed by atoms with Gasteiger partial charge >= 0.3 is 6.09 Å². The van der Waals surface area contributed by atoms with Crippen molar-refractivity contribution < 1.29 is 19.1 Å². The molecule has 0 bridgehead atoms. The number of nitrogens with one attached hydrogen (secondary N) is 2. The van der Waals surface area contributed by atoms with Crippen LogP contribution in [0.15, 0.2) is 115 Å². The number of alkyl carbamates (subject to hydrolysis) is 1. The van der Waals surface area contributed by atoms with E-state index in [-0.39, 0.29) is 18.6 Å². The molecule has 2 atom stereocenters. The molecule has 0 saturated heterocycles. The quantitative estimate of drug-likeness (QED) is 0.261. The van der Waals surface area contributed by atoms with Crippen LogP contribution in [-0.2, 0) is 29.2 Å². The van der Waals surface area contributed by atoms with Crippen LogP contribution in [0.2, 0.25) is 0 Å². The third-order valence-corrected chi connectivity index (χ3v) is 6.09. The highest BCUT2D eigenvalue weighted by atomic mass is 16.5. The van der Waals surface area contributed by atoms with E-state index in [0.717, 1.165) is 28.0 Å². The lowest BCUT2D eigenvalue weighted by atomic mass is 10.0. The summed E-state index contributed by atoms with van der Waals surface area (Å²) < 4.78 is 11.2. The molecule has 0 aliphatic heterocycles. The monoisotopic (exact) mass is 508 g/mol. The highest BCUT2D eigenvalue weighted by Gasteiger charge is 2.24. The maximum absolute atomic E-state index is 13.3. The summed E-state index contributed by atoms with van der Waals surface area (Å²) in [6.45, 7) is 2.50. The standard InChI is InChI=1S/C32H32N2O4/c1-24(28-15-9-4-10-16-28)33-31(35)30(34-32(36)38-23-27-13-7-3-8-14-27)21-25-17-19-29(20-18-25)37-22-26-11-5-2-6-12-26/h2-20,24,30H,21-23H2,1H3,(H,33,35)(H,34,36)/t24-,30+/m1/s1. The van der Waals surface area contributed by atoms with Gasteiger partial charge in [0.1, 0.15) is 25.0 Å². The molecule has 0 saturated carbocycles. The maximum atomic E-state index is 13.3. The summed E-state index contributed by atoms with van der Waals surface area (Å²) in [7, 11) is 0. The van der Waals surface area contributed by atoms with Crippen LogP contribution in [0.3, 0.4) is 0 Å². The van der Waals surface area contributed by atoms with E-state index in [4.69, 9.17) is 9.47 Å². The molecule has 4 aromatic carbocycles. The molecule has 6 nitrogen and oxygen atoms in total. The fourth-order valence-electron chi connectivity index (χ4n) is 3.95. The van der Waals surface area contributed by atoms with E-state index >= 15 is 0 Å². The Balaban J connectivity index is 1.39. The molecule has 2 N–H and O–H groups in total. The van der Waals surface area contributed by atoms with Crippen molar-refractivity contribution >= 4 is 12.0 Å². The zero-order valence-electron chi connectivity index (χ0n) is 21.4. The number of hydrogen-bond donors (Lipinski definition) is 2. The average molecular weight is 509 g/mol. The van der Waals surface area contributed by atoms with Crippen molar-refractivity contribution in [2.24, 2.45) is 0 Å². The highest BCUT2D eigenvalue weighted by Crippen LogP contribution is 2.17. The lowest BCUT2D eigenvalue weighted by Crippen LogP contribution is -2.48. The van der Waals surface area contributed by atoms with Gasteiger partial charge in [-0.3, -0.25) is 4.79 Å². The third kappa shape index (κ3) is 8.23. The van der Waals surface area contributed by atoms with Crippen LogP contribution in [0.1, 0.15) is 35.2 Å². The van der Waals surface area contributed by atoms with Gasteiger partial charge in [0.2, 0.25) is 5.91 Å². The highest BCUT2D eigenvalue weighted by molar-refractivity contribution is 5.86. The normalized spacial score (nSPS) is 12.1. The number of amides is 2. The Morgan fingerprint density at radius 3 is 1.82 bits per heavy atom. The molecule has 0 aromatic heterocycles. The lowest BCUT2D eigenvalue weighted by Gasteiger charge is -2.22. The Kier molecular flexibility index (Phi) is 9.51. The van der Waals surface area contributed by atoms with E-state index in [0.29, 0.717) is 13.0 Å². The first-order valence-corrected chi connectivity index (χ1v) is 12.6. The summed E-state index contributed by atoms with van der Waals surface area (Å²) in [6.07, 6.45) is -0.351. The van der Waals surface area contributed by atoms with Crippen molar-refractivity contribution in [1.82, 2.24) is 10.6 Å². The van der Waals surface area contributed by atoms with Crippen LogP contribution in [0.4, 0.5) is 4.79 Å². The Bertz CT molecular complexity index is 1280. The van der Waals surface area contributed by atoms with E-state index in [1.165, 1.54) is 0 Å². The second-order valence-electron chi connectivity index (χ2n) is 9.02. The average Bonchev–Trinajstić information content (AvgIpc) is 2.97. The first-order valence-electron chi connectivity index (χ1n) is 12.6. The molecule has 0 aliphatic carbocycles. The van der Waals surface area contributed by atoms with Gasteiger partial charge in [0.15, 0.2) is 0 Å². The minimum absolute atomic E-state index is 0.120. The zero-order chi connectivity index (χ0) is 26.6. The van der Waals surface area contributed by atoms with E-state index in [9.17, 15) is 9.59 Å². The molecule has 0 radical (unpaired) electrons. The van der Waals surface area contributed by atoms with Crippen molar-refractivity contribution in [2.45, 2.75) is 38.6 Å². The molecule has 0 fully saturated rings. The van der Waals surface area contributed by atoms with Gasteiger partial charge in [-0.2, -0.15) is 0 Å². The van der Waals surface area contributed by atoms with E-state index < -0.39 is 12.1 Å². The van der Waals surface area contributed by atoms with Gasteiger partial charge in [0, 0.05) is 6.42 Å². The molecular formula is C32H32N2O4. The maximum Gasteiger partial charge on any atom is 0.408 e. The minimum atomic E-state index is -0.819. The van der Waals surface area contributed by atoms with Crippen LogP contribution in [0, 0.1) is 0 Å². The van der Waals surface area contributed by atoms with Crippen LogP contribution in [-0.4, -0.2) is 18.0 Å². The molecule has 0 heterocycles. The number of benzene rings is 4. The molecule has 194 valence electrons. The SMILES string of the molecule is C[C@@H](NC(=O)[C@H](Cc1ccc(OCc2ccccc2)cc1)NC(=O)OCc1ccccc1)c1ccccc1. The first-order chi connectivity index (χ1) is 18.6. The predicted molar refractivity (Wildman–Crippen MR) is 147 cm³/mol. The molecule has 2 amide bonds. The van der Waals surface area contributed by atoms with Crippen molar-refractivity contribution in [1.29, 1.82) is 0 Å². The lowest BCUT2D eigenvalue weighted by molar-refractivity contribution is -0.123. The molecule has 0 unspecified atom stereocenters. The van der Waals surface area contributed by atoms with Gasteiger partial charge < -0.3 is 20.1 Å². The number of rotatable bonds is 11. The van der Waals surface area contributed by atoms with Crippen molar-refractivity contribution in [3.63, 3.8) is 0 Å². The van der Waals surface area contributed by atoms with Gasteiger partial charge in [-0.05, 0) is 41.3 Å². The molecule has 0 aliphatic rings. The second-order valence-corrected chi connectivity index (χ2v) is 9.02. The Labute approximate surface area is 223 Å². The van der Waals surface area contributed by atoms with Gasteiger partial charge in [0.05, 0.1) is 6.04 Å². The topological polar surface area (TPSA) is 76.7 Å². The van der Waals surface area contributed by atoms with Crippen molar-refractivity contribution in [2.75, 3.05) is 0 Å². The fraction of sp³-hybridized carbons (Fsp3) is 0.188. The number of ether oxygens (including phenoxy) is 2. The summed E-state index contributed by atoms with van der Waals surface area (Å²) in [5, 5.41) is 5.76. The molecule has 4 rings (SSSR count). The first kappa shape index (κ1) is 26.5. The fourth-order valence-corrected chi connectivity index (χ4v) is 3.95. The van der Waals surface area contributed by atoms with Crippen LogP contribution in [0.5, 0.6) is 5.75 Å². The summed E-state index contributed by atoms with van der Waals surface area (Å²) >= 11 is 0. The van der Waals surface area contributed by atoms with Crippen molar-refractivity contribution in [3.05, 3.63) is 138 Å². The summed E-state index contributed by atoms with van der Waals surface area (Å²) in [5.41, 5.74) is 3.81. The number of hydrogen-bond acceptors (Lipinski definition) is 4. The summed E-state index contributed by atoms with van der Waals surface area (Å²) in [4.78, 5) is 25.9. The van der Waals surface area contributed by atoms with Crippen molar-refractivity contribution in [3.8, 4) is 5.75 Å². The van der Waals surface area contributed by atoms with Gasteiger partial charge in [-0.15, -0.1) is 0 Å². The van der Waals surface area contributed by atoms with Crippen LogP contribution in [0.25, 0.3) is 0 Å². The minimum Gasteiger partial charge on any atom is -0.489 e. The Morgan fingerprint density at radius 2 is 1.21 bits per heavy atom. The second kappa shape index (κ2) is 13.7. The third-order valence-electron chi connectivity index (χ3n) is 6.09.